The Morgan fingerprint density at radius 1 is 1.24 bits per heavy atom. The first kappa shape index (κ1) is 16.4. The summed E-state index contributed by atoms with van der Waals surface area (Å²) in [5.74, 6) is 1.07. The van der Waals surface area contributed by atoms with Crippen molar-refractivity contribution in [3.63, 3.8) is 0 Å². The Labute approximate surface area is 144 Å². The SMILES string of the molecule is COc1ccnc(N2CCN(c3ccc(C#N)cc3[N+](=O)[O-])CC2)n1. The molecule has 0 atom stereocenters. The molecule has 9 heteroatoms. The van der Waals surface area contributed by atoms with Crippen LogP contribution in [0.2, 0.25) is 0 Å². The lowest BCUT2D eigenvalue weighted by Crippen LogP contribution is -2.47. The number of benzene rings is 1. The molecule has 2 aromatic rings. The van der Waals surface area contributed by atoms with Crippen molar-refractivity contribution in [2.75, 3.05) is 43.1 Å². The Morgan fingerprint density at radius 3 is 2.60 bits per heavy atom. The summed E-state index contributed by atoms with van der Waals surface area (Å²) in [6.45, 7) is 2.44. The van der Waals surface area contributed by atoms with Crippen LogP contribution in [-0.4, -0.2) is 48.2 Å². The van der Waals surface area contributed by atoms with E-state index in [1.165, 1.54) is 6.07 Å². The van der Waals surface area contributed by atoms with Gasteiger partial charge in [0.05, 0.1) is 23.7 Å². The molecule has 25 heavy (non-hydrogen) atoms. The van der Waals surface area contributed by atoms with Crippen LogP contribution in [0, 0.1) is 21.4 Å². The summed E-state index contributed by atoms with van der Waals surface area (Å²) in [6, 6.07) is 8.16. The molecular weight excluding hydrogens is 324 g/mol. The van der Waals surface area contributed by atoms with E-state index >= 15 is 0 Å². The third-order valence-electron chi connectivity index (χ3n) is 4.03. The molecule has 1 aromatic heterocycles. The number of ether oxygens (including phenoxy) is 1. The number of methoxy groups -OCH3 is 1. The molecule has 0 spiro atoms. The molecular formula is C16H16N6O3. The summed E-state index contributed by atoms with van der Waals surface area (Å²) < 4.78 is 5.11. The molecule has 0 unspecified atom stereocenters. The first-order valence-electron chi connectivity index (χ1n) is 7.68. The van der Waals surface area contributed by atoms with E-state index in [0.29, 0.717) is 43.7 Å². The van der Waals surface area contributed by atoms with Gasteiger partial charge >= 0.3 is 0 Å². The zero-order chi connectivity index (χ0) is 17.8. The fourth-order valence-corrected chi connectivity index (χ4v) is 2.75. The van der Waals surface area contributed by atoms with Crippen molar-refractivity contribution in [3.8, 4) is 11.9 Å². The lowest BCUT2D eigenvalue weighted by atomic mass is 10.1. The van der Waals surface area contributed by atoms with E-state index in [2.05, 4.69) is 9.97 Å². The Morgan fingerprint density at radius 2 is 1.96 bits per heavy atom. The number of aromatic nitrogens is 2. The number of nitro benzene ring substituents is 1. The molecule has 3 rings (SSSR count). The van der Waals surface area contributed by atoms with Gasteiger partial charge in [0.1, 0.15) is 5.69 Å². The third kappa shape index (κ3) is 3.42. The van der Waals surface area contributed by atoms with E-state index in [0.717, 1.165) is 0 Å². The van der Waals surface area contributed by atoms with Crippen LogP contribution in [0.5, 0.6) is 5.88 Å². The summed E-state index contributed by atoms with van der Waals surface area (Å²) in [7, 11) is 1.55. The highest BCUT2D eigenvalue weighted by Crippen LogP contribution is 2.30. The van der Waals surface area contributed by atoms with Gasteiger partial charge in [0.25, 0.3) is 5.69 Å². The zero-order valence-corrected chi connectivity index (χ0v) is 13.6. The van der Waals surface area contributed by atoms with Gasteiger partial charge in [0.2, 0.25) is 11.8 Å². The van der Waals surface area contributed by atoms with Crippen molar-refractivity contribution >= 4 is 17.3 Å². The standard InChI is InChI=1S/C16H16N6O3/c1-25-15-4-5-18-16(19-15)21-8-6-20(7-9-21)13-3-2-12(11-17)10-14(13)22(23)24/h2-5,10H,6-9H2,1H3. The summed E-state index contributed by atoms with van der Waals surface area (Å²) >= 11 is 0. The summed E-state index contributed by atoms with van der Waals surface area (Å²) in [6.07, 6.45) is 1.64. The first-order valence-corrected chi connectivity index (χ1v) is 7.68. The minimum Gasteiger partial charge on any atom is -0.481 e. The second-order valence-corrected chi connectivity index (χ2v) is 5.45. The van der Waals surface area contributed by atoms with E-state index in [9.17, 15) is 10.1 Å². The summed E-state index contributed by atoms with van der Waals surface area (Å²) in [5, 5.41) is 20.2. The van der Waals surface area contributed by atoms with Gasteiger partial charge in [0.15, 0.2) is 0 Å². The number of rotatable bonds is 4. The normalized spacial score (nSPS) is 14.1. The van der Waals surface area contributed by atoms with Gasteiger partial charge in [-0.25, -0.2) is 4.98 Å². The van der Waals surface area contributed by atoms with Gasteiger partial charge < -0.3 is 14.5 Å². The van der Waals surface area contributed by atoms with Gasteiger partial charge in [-0.15, -0.1) is 0 Å². The molecule has 1 fully saturated rings. The molecule has 1 aliphatic heterocycles. The van der Waals surface area contributed by atoms with Crippen LogP contribution >= 0.6 is 0 Å². The summed E-state index contributed by atoms with van der Waals surface area (Å²) in [4.78, 5) is 23.4. The fourth-order valence-electron chi connectivity index (χ4n) is 2.75. The number of hydrogen-bond donors (Lipinski definition) is 0. The highest BCUT2D eigenvalue weighted by Gasteiger charge is 2.25. The van der Waals surface area contributed by atoms with Crippen molar-refractivity contribution in [1.82, 2.24) is 9.97 Å². The highest BCUT2D eigenvalue weighted by molar-refractivity contribution is 5.66. The van der Waals surface area contributed by atoms with Crippen LogP contribution in [0.25, 0.3) is 0 Å². The average Bonchev–Trinajstić information content (AvgIpc) is 2.67. The number of piperazine rings is 1. The van der Waals surface area contributed by atoms with E-state index in [1.54, 1.807) is 31.5 Å². The van der Waals surface area contributed by atoms with Crippen molar-refractivity contribution in [3.05, 3.63) is 46.1 Å². The van der Waals surface area contributed by atoms with Crippen molar-refractivity contribution in [2.24, 2.45) is 0 Å². The predicted molar refractivity (Wildman–Crippen MR) is 90.8 cm³/mol. The van der Waals surface area contributed by atoms with E-state index in [1.807, 2.05) is 15.9 Å². The molecule has 0 saturated carbocycles. The zero-order valence-electron chi connectivity index (χ0n) is 13.6. The molecule has 1 aliphatic rings. The van der Waals surface area contributed by atoms with Gasteiger partial charge in [-0.1, -0.05) is 0 Å². The third-order valence-corrected chi connectivity index (χ3v) is 4.03. The maximum absolute atomic E-state index is 11.3. The van der Waals surface area contributed by atoms with E-state index in [-0.39, 0.29) is 11.3 Å². The second-order valence-electron chi connectivity index (χ2n) is 5.45. The fraction of sp³-hybridized carbons (Fsp3) is 0.312. The molecule has 2 heterocycles. The number of nitro groups is 1. The Bertz CT molecular complexity index is 827. The second kappa shape index (κ2) is 7.00. The molecule has 0 radical (unpaired) electrons. The molecule has 128 valence electrons. The number of anilines is 2. The molecule has 0 aliphatic carbocycles. The molecule has 9 nitrogen and oxygen atoms in total. The number of hydrogen-bond acceptors (Lipinski definition) is 8. The molecule has 0 bridgehead atoms. The van der Waals surface area contributed by atoms with Gasteiger partial charge in [-0.05, 0) is 12.1 Å². The Kier molecular flexibility index (Phi) is 4.61. The lowest BCUT2D eigenvalue weighted by molar-refractivity contribution is -0.384. The van der Waals surface area contributed by atoms with Crippen LogP contribution in [0.15, 0.2) is 30.5 Å². The van der Waals surface area contributed by atoms with Crippen LogP contribution in [-0.2, 0) is 0 Å². The molecule has 0 amide bonds. The molecule has 0 N–H and O–H groups in total. The average molecular weight is 340 g/mol. The Balaban J connectivity index is 1.76. The first-order chi connectivity index (χ1) is 12.1. The molecule has 1 aromatic carbocycles. The van der Waals surface area contributed by atoms with E-state index in [4.69, 9.17) is 10.00 Å². The topological polar surface area (TPSA) is 108 Å². The minimum absolute atomic E-state index is 0.0508. The van der Waals surface area contributed by atoms with Gasteiger partial charge in [-0.2, -0.15) is 10.2 Å². The maximum Gasteiger partial charge on any atom is 0.293 e. The number of nitriles is 1. The van der Waals surface area contributed by atoms with Crippen molar-refractivity contribution < 1.29 is 9.66 Å². The van der Waals surface area contributed by atoms with Crippen molar-refractivity contribution in [2.45, 2.75) is 0 Å². The smallest absolute Gasteiger partial charge is 0.293 e. The van der Waals surface area contributed by atoms with E-state index < -0.39 is 4.92 Å². The van der Waals surface area contributed by atoms with Crippen LogP contribution < -0.4 is 14.5 Å². The van der Waals surface area contributed by atoms with Gasteiger partial charge in [-0.3, -0.25) is 10.1 Å². The minimum atomic E-state index is -0.451. The lowest BCUT2D eigenvalue weighted by Gasteiger charge is -2.35. The largest absolute Gasteiger partial charge is 0.481 e. The predicted octanol–water partition coefficient (Wildman–Crippen LogP) is 1.59. The summed E-state index contributed by atoms with van der Waals surface area (Å²) in [5.41, 5.74) is 0.749. The number of nitrogens with zero attached hydrogens (tertiary/aromatic N) is 6. The van der Waals surface area contributed by atoms with Crippen LogP contribution in [0.4, 0.5) is 17.3 Å². The maximum atomic E-state index is 11.3. The monoisotopic (exact) mass is 340 g/mol. The van der Waals surface area contributed by atoms with Gasteiger partial charge in [0, 0.05) is 44.5 Å². The van der Waals surface area contributed by atoms with Crippen molar-refractivity contribution in [1.29, 1.82) is 5.26 Å². The highest BCUT2D eigenvalue weighted by atomic mass is 16.6. The van der Waals surface area contributed by atoms with Crippen LogP contribution in [0.3, 0.4) is 0 Å². The molecule has 1 saturated heterocycles. The quantitative estimate of drug-likeness (QED) is 0.610. The Hall–Kier alpha value is -3.41. The van der Waals surface area contributed by atoms with Crippen LogP contribution in [0.1, 0.15) is 5.56 Å².